The summed E-state index contributed by atoms with van der Waals surface area (Å²) in [6.45, 7) is 7.21. The molecule has 2 rings (SSSR count). The summed E-state index contributed by atoms with van der Waals surface area (Å²) in [5.41, 5.74) is 0.114. The summed E-state index contributed by atoms with van der Waals surface area (Å²) in [5, 5.41) is 0. The van der Waals surface area contributed by atoms with Crippen LogP contribution in [-0.2, 0) is 9.78 Å². The fourth-order valence-electron chi connectivity index (χ4n) is 2.93. The summed E-state index contributed by atoms with van der Waals surface area (Å²) in [4.78, 5) is 11.2. The summed E-state index contributed by atoms with van der Waals surface area (Å²) in [6.07, 6.45) is 7.99. The zero-order valence-corrected chi connectivity index (χ0v) is 11.3. The average Bonchev–Trinajstić information content (AvgIpc) is 2.47. The first kappa shape index (κ1) is 11.6. The lowest BCUT2D eigenvalue weighted by Gasteiger charge is -2.29. The Hall–Kier alpha value is 0.137. The van der Waals surface area contributed by atoms with Gasteiger partial charge < -0.3 is 0 Å². The highest BCUT2D eigenvalue weighted by Crippen LogP contribution is 2.42. The monoisotopic (exact) mass is 228 g/mol. The molecule has 0 bridgehead atoms. The SMILES string of the molecule is C[Si](C)(C)CC1CC2(CCCCC2)OO1. The van der Waals surface area contributed by atoms with Gasteiger partial charge in [0.1, 0.15) is 5.60 Å². The third-order valence-electron chi connectivity index (χ3n) is 3.57. The molecule has 1 aliphatic heterocycles. The van der Waals surface area contributed by atoms with Crippen LogP contribution in [0.3, 0.4) is 0 Å². The first-order valence-electron chi connectivity index (χ1n) is 6.34. The fraction of sp³-hybridized carbons (Fsp3) is 1.00. The molecule has 0 radical (unpaired) electrons. The van der Waals surface area contributed by atoms with Crippen LogP contribution in [0.5, 0.6) is 0 Å². The van der Waals surface area contributed by atoms with Crippen LogP contribution in [0.2, 0.25) is 25.7 Å². The molecular formula is C12H24O2Si. The van der Waals surface area contributed by atoms with E-state index in [-0.39, 0.29) is 5.60 Å². The molecule has 2 fully saturated rings. The average molecular weight is 228 g/mol. The zero-order valence-electron chi connectivity index (χ0n) is 10.3. The van der Waals surface area contributed by atoms with E-state index in [2.05, 4.69) is 19.6 Å². The molecule has 3 heteroatoms. The lowest BCUT2D eigenvalue weighted by molar-refractivity contribution is -0.328. The van der Waals surface area contributed by atoms with Gasteiger partial charge in [-0.1, -0.05) is 38.9 Å². The second-order valence-electron chi connectivity index (χ2n) is 6.51. The predicted molar refractivity (Wildman–Crippen MR) is 64.5 cm³/mol. The molecule has 1 atom stereocenters. The van der Waals surface area contributed by atoms with E-state index in [0.717, 1.165) is 6.42 Å². The molecule has 88 valence electrons. The second kappa shape index (κ2) is 4.19. The van der Waals surface area contributed by atoms with Crippen molar-refractivity contribution in [3.63, 3.8) is 0 Å². The van der Waals surface area contributed by atoms with Gasteiger partial charge in [-0.25, -0.2) is 9.78 Å². The molecule has 1 unspecified atom stereocenters. The van der Waals surface area contributed by atoms with Gasteiger partial charge in [-0.3, -0.25) is 0 Å². The highest BCUT2D eigenvalue weighted by atomic mass is 28.3. The minimum absolute atomic E-state index is 0.114. The van der Waals surface area contributed by atoms with E-state index in [1.165, 1.54) is 38.1 Å². The van der Waals surface area contributed by atoms with Crippen LogP contribution in [0.4, 0.5) is 0 Å². The third-order valence-corrected chi connectivity index (χ3v) is 5.25. The van der Waals surface area contributed by atoms with Gasteiger partial charge in [-0.05, 0) is 18.9 Å². The maximum Gasteiger partial charge on any atom is 0.106 e. The van der Waals surface area contributed by atoms with Crippen molar-refractivity contribution in [2.24, 2.45) is 0 Å². The second-order valence-corrected chi connectivity index (χ2v) is 12.0. The van der Waals surface area contributed by atoms with Gasteiger partial charge in [0, 0.05) is 14.5 Å². The summed E-state index contributed by atoms with van der Waals surface area (Å²) in [7, 11) is -1.01. The normalized spacial score (nSPS) is 31.0. The molecule has 2 nitrogen and oxygen atoms in total. The molecule has 0 aromatic rings. The van der Waals surface area contributed by atoms with Crippen molar-refractivity contribution in [3.8, 4) is 0 Å². The fourth-order valence-corrected chi connectivity index (χ4v) is 4.50. The largest absolute Gasteiger partial charge is 0.233 e. The molecule has 0 aromatic carbocycles. The summed E-state index contributed by atoms with van der Waals surface area (Å²) in [5.74, 6) is 0. The van der Waals surface area contributed by atoms with Gasteiger partial charge in [-0.15, -0.1) is 0 Å². The van der Waals surface area contributed by atoms with E-state index in [1.807, 2.05) is 0 Å². The van der Waals surface area contributed by atoms with Gasteiger partial charge in [0.25, 0.3) is 0 Å². The summed E-state index contributed by atoms with van der Waals surface area (Å²) >= 11 is 0. The Morgan fingerprint density at radius 1 is 1.13 bits per heavy atom. The maximum absolute atomic E-state index is 5.66. The van der Waals surface area contributed by atoms with E-state index in [4.69, 9.17) is 9.78 Å². The molecule has 1 saturated heterocycles. The first-order chi connectivity index (χ1) is 6.99. The molecule has 2 aliphatic rings. The van der Waals surface area contributed by atoms with E-state index in [9.17, 15) is 0 Å². The topological polar surface area (TPSA) is 18.5 Å². The van der Waals surface area contributed by atoms with Crippen LogP contribution in [-0.4, -0.2) is 19.8 Å². The molecular weight excluding hydrogens is 204 g/mol. The lowest BCUT2D eigenvalue weighted by atomic mass is 9.82. The van der Waals surface area contributed by atoms with Crippen molar-refractivity contribution in [1.29, 1.82) is 0 Å². The Balaban J connectivity index is 1.88. The summed E-state index contributed by atoms with van der Waals surface area (Å²) < 4.78 is 0. The maximum atomic E-state index is 5.66. The third kappa shape index (κ3) is 3.05. The molecule has 0 aromatic heterocycles. The Bertz CT molecular complexity index is 216. The van der Waals surface area contributed by atoms with Crippen LogP contribution in [0.1, 0.15) is 38.5 Å². The quantitative estimate of drug-likeness (QED) is 0.529. The van der Waals surface area contributed by atoms with Gasteiger partial charge in [0.15, 0.2) is 0 Å². The smallest absolute Gasteiger partial charge is 0.106 e. The minimum Gasteiger partial charge on any atom is -0.233 e. The standard InChI is InChI=1S/C12H24O2Si/c1-15(2,3)10-11-9-12(14-13-11)7-5-4-6-8-12/h11H,4-10H2,1-3H3. The van der Waals surface area contributed by atoms with Crippen LogP contribution in [0.25, 0.3) is 0 Å². The van der Waals surface area contributed by atoms with Crippen molar-refractivity contribution in [1.82, 2.24) is 0 Å². The first-order valence-corrected chi connectivity index (χ1v) is 10.0. The number of hydrogen-bond acceptors (Lipinski definition) is 2. The molecule has 15 heavy (non-hydrogen) atoms. The van der Waals surface area contributed by atoms with E-state index in [1.54, 1.807) is 0 Å². The van der Waals surface area contributed by atoms with Crippen LogP contribution < -0.4 is 0 Å². The highest BCUT2D eigenvalue weighted by Gasteiger charge is 2.44. The van der Waals surface area contributed by atoms with Crippen molar-refractivity contribution < 1.29 is 9.78 Å². The van der Waals surface area contributed by atoms with Crippen LogP contribution in [0.15, 0.2) is 0 Å². The van der Waals surface area contributed by atoms with Crippen LogP contribution >= 0.6 is 0 Å². The Morgan fingerprint density at radius 3 is 2.40 bits per heavy atom. The van der Waals surface area contributed by atoms with Gasteiger partial charge in [0.2, 0.25) is 0 Å². The van der Waals surface area contributed by atoms with Gasteiger partial charge >= 0.3 is 0 Å². The van der Waals surface area contributed by atoms with Crippen LogP contribution in [0, 0.1) is 0 Å². The van der Waals surface area contributed by atoms with Gasteiger partial charge in [-0.2, -0.15) is 0 Å². The molecule has 1 heterocycles. The molecule has 0 amide bonds. The number of hydrogen-bond donors (Lipinski definition) is 0. The Morgan fingerprint density at radius 2 is 1.80 bits per heavy atom. The van der Waals surface area contributed by atoms with Crippen molar-refractivity contribution >= 4 is 8.07 Å². The predicted octanol–water partition coefficient (Wildman–Crippen LogP) is 3.75. The van der Waals surface area contributed by atoms with E-state index >= 15 is 0 Å². The molecule has 1 aliphatic carbocycles. The molecule has 1 spiro atoms. The Labute approximate surface area is 94.3 Å². The highest BCUT2D eigenvalue weighted by molar-refractivity contribution is 6.76. The van der Waals surface area contributed by atoms with Crippen molar-refractivity contribution in [2.45, 2.75) is 75.9 Å². The van der Waals surface area contributed by atoms with Crippen molar-refractivity contribution in [3.05, 3.63) is 0 Å². The van der Waals surface area contributed by atoms with Crippen molar-refractivity contribution in [2.75, 3.05) is 0 Å². The van der Waals surface area contributed by atoms with E-state index in [0.29, 0.717) is 6.10 Å². The molecule has 1 saturated carbocycles. The van der Waals surface area contributed by atoms with Gasteiger partial charge in [0.05, 0.1) is 6.10 Å². The van der Waals surface area contributed by atoms with E-state index < -0.39 is 8.07 Å². The molecule has 0 N–H and O–H groups in total. The number of rotatable bonds is 2. The zero-order chi connectivity index (χ0) is 10.9. The minimum atomic E-state index is -1.01. The lowest BCUT2D eigenvalue weighted by Crippen LogP contribution is -2.32. The Kier molecular flexibility index (Phi) is 3.24. The summed E-state index contributed by atoms with van der Waals surface area (Å²) in [6, 6.07) is 1.24.